The third-order valence-electron chi connectivity index (χ3n) is 8.79. The van der Waals surface area contributed by atoms with Crippen molar-refractivity contribution in [3.8, 4) is 0 Å². The van der Waals surface area contributed by atoms with Gasteiger partial charge in [0.2, 0.25) is 17.7 Å². The first-order valence-corrected chi connectivity index (χ1v) is 13.1. The van der Waals surface area contributed by atoms with E-state index in [0.29, 0.717) is 12.8 Å². The molecule has 184 valence electrons. The largest absolute Gasteiger partial charge is 0.347 e. The van der Waals surface area contributed by atoms with Crippen LogP contribution >= 0.6 is 0 Å². The number of nitrogens with one attached hydrogen (secondary N) is 3. The summed E-state index contributed by atoms with van der Waals surface area (Å²) in [6.07, 6.45) is 9.54. The number of amides is 3. The predicted octanol–water partition coefficient (Wildman–Crippen LogP) is 2.60. The Morgan fingerprint density at radius 3 is 2.59 bits per heavy atom. The summed E-state index contributed by atoms with van der Waals surface area (Å²) in [7, 11) is 1.74. The Morgan fingerprint density at radius 2 is 1.82 bits per heavy atom. The molecule has 5 rings (SSSR count). The zero-order valence-corrected chi connectivity index (χ0v) is 20.4. The van der Waals surface area contributed by atoms with Crippen LogP contribution in [0.15, 0.2) is 24.3 Å². The van der Waals surface area contributed by atoms with Crippen LogP contribution in [-0.2, 0) is 20.8 Å². The first-order chi connectivity index (χ1) is 16.4. The van der Waals surface area contributed by atoms with Gasteiger partial charge in [0.05, 0.1) is 12.1 Å². The molecule has 4 aliphatic rings. The van der Waals surface area contributed by atoms with E-state index >= 15 is 0 Å². The Hall–Kier alpha value is -2.41. The van der Waals surface area contributed by atoms with Gasteiger partial charge in [0, 0.05) is 6.04 Å². The molecular formula is C27H38N4O3. The second kappa shape index (κ2) is 9.33. The first kappa shape index (κ1) is 23.3. The topological polar surface area (TPSA) is 90.5 Å². The van der Waals surface area contributed by atoms with Gasteiger partial charge in [0.1, 0.15) is 12.1 Å². The number of hydrogen-bond acceptors (Lipinski definition) is 4. The van der Waals surface area contributed by atoms with E-state index in [1.165, 1.54) is 11.1 Å². The van der Waals surface area contributed by atoms with Crippen molar-refractivity contribution in [2.45, 2.75) is 101 Å². The molecule has 0 radical (unpaired) electrons. The number of carbonyl (C=O) groups excluding carboxylic acids is 3. The third kappa shape index (κ3) is 4.47. The summed E-state index contributed by atoms with van der Waals surface area (Å²) in [5, 5.41) is 9.27. The first-order valence-electron chi connectivity index (χ1n) is 13.1. The smallest absolute Gasteiger partial charge is 0.246 e. The summed E-state index contributed by atoms with van der Waals surface area (Å²) in [6, 6.07) is 7.05. The number of fused-ring (bicyclic) bond motifs is 2. The van der Waals surface area contributed by atoms with Crippen molar-refractivity contribution >= 4 is 17.7 Å². The molecule has 0 unspecified atom stereocenters. The van der Waals surface area contributed by atoms with Crippen molar-refractivity contribution in [1.29, 1.82) is 0 Å². The Morgan fingerprint density at radius 1 is 1.03 bits per heavy atom. The molecule has 0 bridgehead atoms. The lowest BCUT2D eigenvalue weighted by atomic mass is 9.86. The summed E-state index contributed by atoms with van der Waals surface area (Å²) in [6.45, 7) is 1.80. The maximum atomic E-state index is 13.9. The van der Waals surface area contributed by atoms with Gasteiger partial charge >= 0.3 is 0 Å². The molecular weight excluding hydrogens is 428 g/mol. The van der Waals surface area contributed by atoms with Crippen LogP contribution in [0.25, 0.3) is 0 Å². The highest BCUT2D eigenvalue weighted by molar-refractivity contribution is 5.94. The SMILES string of the molecule is CN[C@@H](C)C(=O)N[C@H]1CC2(CC[C@H]3CC[C@@H](C(=O)N[C@@H]4CCCc5ccccc54)N3C1=O)CC2. The second-order valence-corrected chi connectivity index (χ2v) is 11.0. The molecule has 1 saturated carbocycles. The molecule has 1 aromatic carbocycles. The molecule has 2 aliphatic heterocycles. The Kier molecular flexibility index (Phi) is 6.40. The molecule has 2 saturated heterocycles. The van der Waals surface area contributed by atoms with E-state index < -0.39 is 12.1 Å². The van der Waals surface area contributed by atoms with Crippen LogP contribution in [0.4, 0.5) is 0 Å². The monoisotopic (exact) mass is 466 g/mol. The molecule has 3 amide bonds. The molecule has 3 fully saturated rings. The number of carbonyl (C=O) groups is 3. The average molecular weight is 467 g/mol. The number of hydrogen-bond donors (Lipinski definition) is 3. The normalized spacial score (nSPS) is 30.5. The molecule has 7 nitrogen and oxygen atoms in total. The fraction of sp³-hybridized carbons (Fsp3) is 0.667. The van der Waals surface area contributed by atoms with E-state index in [-0.39, 0.29) is 41.3 Å². The summed E-state index contributed by atoms with van der Waals surface area (Å²) in [4.78, 5) is 41.9. The molecule has 1 spiro atoms. The number of nitrogens with zero attached hydrogens (tertiary/aromatic N) is 1. The van der Waals surface area contributed by atoms with Crippen molar-refractivity contribution in [2.24, 2.45) is 5.41 Å². The molecule has 3 N–H and O–H groups in total. The van der Waals surface area contributed by atoms with Crippen molar-refractivity contribution in [3.63, 3.8) is 0 Å². The summed E-state index contributed by atoms with van der Waals surface area (Å²) < 4.78 is 0. The zero-order valence-electron chi connectivity index (χ0n) is 20.4. The van der Waals surface area contributed by atoms with Gasteiger partial charge in [-0.2, -0.15) is 0 Å². The average Bonchev–Trinajstić information content (AvgIpc) is 3.48. The standard InChI is InChI=1S/C27H38N4O3/c1-17(28-2)24(32)30-22-16-27(14-15-27)13-12-19-10-11-23(31(19)26(22)34)25(33)29-21-9-5-7-18-6-3-4-8-20(18)21/h3-4,6,8,17,19,21-23,28H,5,7,9-16H2,1-2H3,(H,29,33)(H,30,32)/t17-,19+,21+,22-,23-/m0/s1. The van der Waals surface area contributed by atoms with Crippen LogP contribution in [0.2, 0.25) is 0 Å². The van der Waals surface area contributed by atoms with Crippen molar-refractivity contribution in [1.82, 2.24) is 20.9 Å². The minimum absolute atomic E-state index is 0.00284. The van der Waals surface area contributed by atoms with Crippen molar-refractivity contribution < 1.29 is 14.4 Å². The number of likely N-dealkylation sites (N-methyl/N-ethyl adjacent to an activating group) is 1. The van der Waals surface area contributed by atoms with Crippen LogP contribution in [-0.4, -0.2) is 53.8 Å². The van der Waals surface area contributed by atoms with Gasteiger partial charge in [-0.25, -0.2) is 0 Å². The lowest BCUT2D eigenvalue weighted by molar-refractivity contribution is -0.145. The van der Waals surface area contributed by atoms with Crippen LogP contribution in [0, 0.1) is 5.41 Å². The van der Waals surface area contributed by atoms with Gasteiger partial charge in [-0.15, -0.1) is 0 Å². The predicted molar refractivity (Wildman–Crippen MR) is 130 cm³/mol. The summed E-state index contributed by atoms with van der Waals surface area (Å²) in [5.41, 5.74) is 2.70. The van der Waals surface area contributed by atoms with Gasteiger partial charge < -0.3 is 20.9 Å². The van der Waals surface area contributed by atoms with Crippen LogP contribution in [0.1, 0.15) is 81.9 Å². The molecule has 5 atom stereocenters. The molecule has 7 heteroatoms. The molecule has 1 aromatic rings. The second-order valence-electron chi connectivity index (χ2n) is 11.0. The highest BCUT2D eigenvalue weighted by atomic mass is 16.2. The lowest BCUT2D eigenvalue weighted by Gasteiger charge is -2.38. The number of benzene rings is 1. The van der Waals surface area contributed by atoms with Crippen LogP contribution in [0.5, 0.6) is 0 Å². The fourth-order valence-electron chi connectivity index (χ4n) is 6.38. The summed E-state index contributed by atoms with van der Waals surface area (Å²) >= 11 is 0. The molecule has 0 aromatic heterocycles. The Labute approximate surface area is 202 Å². The zero-order chi connectivity index (χ0) is 23.9. The minimum Gasteiger partial charge on any atom is -0.347 e. The van der Waals surface area contributed by atoms with Gasteiger partial charge in [-0.1, -0.05) is 24.3 Å². The highest BCUT2D eigenvalue weighted by Gasteiger charge is 2.52. The Balaban J connectivity index is 1.34. The van der Waals surface area contributed by atoms with Crippen molar-refractivity contribution in [3.05, 3.63) is 35.4 Å². The quantitative estimate of drug-likeness (QED) is 0.622. The molecule has 2 heterocycles. The van der Waals surface area contributed by atoms with Crippen molar-refractivity contribution in [2.75, 3.05) is 7.05 Å². The Bertz CT molecular complexity index is 959. The lowest BCUT2D eigenvalue weighted by Crippen LogP contribution is -2.58. The molecule has 2 aliphatic carbocycles. The third-order valence-corrected chi connectivity index (χ3v) is 8.79. The van der Waals surface area contributed by atoms with Crippen LogP contribution in [0.3, 0.4) is 0 Å². The highest BCUT2D eigenvalue weighted by Crippen LogP contribution is 2.55. The van der Waals surface area contributed by atoms with Crippen LogP contribution < -0.4 is 16.0 Å². The van der Waals surface area contributed by atoms with E-state index in [2.05, 4.69) is 34.1 Å². The van der Waals surface area contributed by atoms with E-state index in [9.17, 15) is 14.4 Å². The van der Waals surface area contributed by atoms with Gasteiger partial charge in [0.15, 0.2) is 0 Å². The van der Waals surface area contributed by atoms with Gasteiger partial charge in [-0.3, -0.25) is 14.4 Å². The van der Waals surface area contributed by atoms with E-state index in [4.69, 9.17) is 0 Å². The number of aryl methyl sites for hydroxylation is 1. The minimum atomic E-state index is -0.558. The molecule has 34 heavy (non-hydrogen) atoms. The maximum Gasteiger partial charge on any atom is 0.246 e. The van der Waals surface area contributed by atoms with Gasteiger partial charge in [0.25, 0.3) is 0 Å². The fourth-order valence-corrected chi connectivity index (χ4v) is 6.38. The maximum absolute atomic E-state index is 13.9. The number of rotatable bonds is 5. The van der Waals surface area contributed by atoms with E-state index in [1.807, 2.05) is 11.0 Å². The van der Waals surface area contributed by atoms with Gasteiger partial charge in [-0.05, 0) is 94.7 Å². The van der Waals surface area contributed by atoms with E-state index in [0.717, 1.165) is 51.4 Å². The van der Waals surface area contributed by atoms with E-state index in [1.54, 1.807) is 14.0 Å². The summed E-state index contributed by atoms with van der Waals surface area (Å²) in [5.74, 6) is -0.282.